The number of unbranched alkanes of at least 4 members (excludes halogenated alkanes) is 1. The molecule has 1 N–H and O–H groups in total. The van der Waals surface area contributed by atoms with Crippen LogP contribution in [0.25, 0.3) is 22.8 Å². The van der Waals surface area contributed by atoms with Gasteiger partial charge in [-0.15, -0.1) is 0 Å². The minimum atomic E-state index is -0.650. The molecule has 1 aliphatic carbocycles. The second-order valence-electron chi connectivity index (χ2n) is 8.35. The summed E-state index contributed by atoms with van der Waals surface area (Å²) in [5, 5.41) is 13.2. The van der Waals surface area contributed by atoms with Gasteiger partial charge in [-0.2, -0.15) is 0 Å². The van der Waals surface area contributed by atoms with Gasteiger partial charge >= 0.3 is 0 Å². The Bertz CT molecular complexity index is 1150. The molecule has 3 aromatic carbocycles. The molecule has 1 aliphatic rings. The van der Waals surface area contributed by atoms with E-state index in [9.17, 15) is 5.11 Å². The van der Waals surface area contributed by atoms with Gasteiger partial charge in [0, 0.05) is 21.6 Å². The van der Waals surface area contributed by atoms with Crippen molar-refractivity contribution in [1.29, 1.82) is 0 Å². The molecule has 0 bridgehead atoms. The third-order valence-electron chi connectivity index (χ3n) is 5.88. The van der Waals surface area contributed by atoms with E-state index in [1.54, 1.807) is 0 Å². The third kappa shape index (κ3) is 4.90. The minimum absolute atomic E-state index is 0.548. The van der Waals surface area contributed by atoms with Crippen LogP contribution in [-0.2, 0) is 0 Å². The molecule has 0 saturated carbocycles. The van der Waals surface area contributed by atoms with Crippen molar-refractivity contribution in [2.45, 2.75) is 25.9 Å². The molecule has 0 heterocycles. The lowest BCUT2D eigenvalue weighted by Gasteiger charge is -2.23. The molecule has 0 aromatic heterocycles. The zero-order valence-corrected chi connectivity index (χ0v) is 20.5. The molecule has 3 aromatic rings. The van der Waals surface area contributed by atoms with Crippen LogP contribution >= 0.6 is 34.8 Å². The monoisotopic (exact) mass is 485 g/mol. The second kappa shape index (κ2) is 9.99. The van der Waals surface area contributed by atoms with Crippen molar-refractivity contribution in [1.82, 2.24) is 4.90 Å². The lowest BCUT2D eigenvalue weighted by Crippen LogP contribution is -2.26. The highest BCUT2D eigenvalue weighted by Crippen LogP contribution is 2.49. The molecule has 2 nitrogen and oxygen atoms in total. The Kier molecular flexibility index (Phi) is 7.29. The van der Waals surface area contributed by atoms with E-state index in [1.165, 1.54) is 0 Å². The van der Waals surface area contributed by atoms with Crippen LogP contribution in [0.1, 0.15) is 48.1 Å². The van der Waals surface area contributed by atoms with Crippen LogP contribution in [0.4, 0.5) is 0 Å². The molecule has 32 heavy (non-hydrogen) atoms. The summed E-state index contributed by atoms with van der Waals surface area (Å²) in [6.07, 6.45) is 3.70. The van der Waals surface area contributed by atoms with Crippen molar-refractivity contribution in [3.05, 3.63) is 91.9 Å². The third-order valence-corrected chi connectivity index (χ3v) is 6.59. The Hall–Kier alpha value is -1.81. The topological polar surface area (TPSA) is 23.5 Å². The van der Waals surface area contributed by atoms with Gasteiger partial charge < -0.3 is 10.0 Å². The van der Waals surface area contributed by atoms with Gasteiger partial charge in [-0.1, -0.05) is 66.3 Å². The molecule has 0 aliphatic heterocycles. The number of halogens is 3. The van der Waals surface area contributed by atoms with Crippen LogP contribution in [-0.4, -0.2) is 30.1 Å². The average Bonchev–Trinajstić information content (AvgIpc) is 3.05. The van der Waals surface area contributed by atoms with Crippen molar-refractivity contribution < 1.29 is 5.11 Å². The van der Waals surface area contributed by atoms with Crippen LogP contribution in [0, 0.1) is 0 Å². The summed E-state index contributed by atoms with van der Waals surface area (Å²) in [6.45, 7) is 3.67. The van der Waals surface area contributed by atoms with Gasteiger partial charge in [-0.25, -0.2) is 0 Å². The maximum Gasteiger partial charge on any atom is 0.0923 e. The van der Waals surface area contributed by atoms with Gasteiger partial charge in [0.1, 0.15) is 0 Å². The van der Waals surface area contributed by atoms with Crippen molar-refractivity contribution in [2.75, 3.05) is 20.1 Å². The van der Waals surface area contributed by atoms with Gasteiger partial charge in [0.05, 0.1) is 6.10 Å². The molecule has 0 saturated heterocycles. The van der Waals surface area contributed by atoms with Crippen molar-refractivity contribution >= 4 is 46.5 Å². The first-order valence-electron chi connectivity index (χ1n) is 10.9. The summed E-state index contributed by atoms with van der Waals surface area (Å²) < 4.78 is 0. The van der Waals surface area contributed by atoms with Crippen LogP contribution in [0.5, 0.6) is 0 Å². The Morgan fingerprint density at radius 2 is 1.56 bits per heavy atom. The molecule has 1 atom stereocenters. The number of fused-ring (bicyclic) bond motifs is 3. The summed E-state index contributed by atoms with van der Waals surface area (Å²) in [5.74, 6) is 0. The quantitative estimate of drug-likeness (QED) is 0.286. The number of nitrogens with zero attached hydrogens (tertiary/aromatic N) is 1. The van der Waals surface area contributed by atoms with Crippen LogP contribution in [0.3, 0.4) is 0 Å². The lowest BCUT2D eigenvalue weighted by molar-refractivity contribution is 0.126. The number of benzene rings is 3. The highest BCUT2D eigenvalue weighted by Gasteiger charge is 2.29. The van der Waals surface area contributed by atoms with Gasteiger partial charge in [0.2, 0.25) is 0 Å². The molecule has 0 amide bonds. The highest BCUT2D eigenvalue weighted by molar-refractivity contribution is 6.32. The number of rotatable bonds is 7. The zero-order chi connectivity index (χ0) is 22.8. The van der Waals surface area contributed by atoms with E-state index in [2.05, 4.69) is 17.9 Å². The first kappa shape index (κ1) is 23.4. The summed E-state index contributed by atoms with van der Waals surface area (Å²) in [7, 11) is 2.04. The van der Waals surface area contributed by atoms with E-state index in [-0.39, 0.29) is 0 Å². The highest BCUT2D eigenvalue weighted by atomic mass is 35.5. The molecule has 0 radical (unpaired) electrons. The Balaban J connectivity index is 1.84. The van der Waals surface area contributed by atoms with Crippen molar-refractivity contribution in [3.63, 3.8) is 0 Å². The van der Waals surface area contributed by atoms with Crippen LogP contribution in [0.15, 0.2) is 54.6 Å². The molecule has 166 valence electrons. The van der Waals surface area contributed by atoms with E-state index < -0.39 is 6.10 Å². The van der Waals surface area contributed by atoms with E-state index in [1.807, 2.05) is 61.6 Å². The molecular formula is C27H26Cl3NO. The summed E-state index contributed by atoms with van der Waals surface area (Å²) in [5.41, 5.74) is 7.05. The van der Waals surface area contributed by atoms with E-state index in [4.69, 9.17) is 34.8 Å². The maximum atomic E-state index is 11.2. The van der Waals surface area contributed by atoms with Gasteiger partial charge in [-0.3, -0.25) is 0 Å². The Morgan fingerprint density at radius 3 is 2.28 bits per heavy atom. The Labute approximate surface area is 205 Å². The molecular weight excluding hydrogens is 461 g/mol. The van der Waals surface area contributed by atoms with Gasteiger partial charge in [0.25, 0.3) is 0 Å². The molecule has 0 spiro atoms. The molecule has 0 fully saturated rings. The van der Waals surface area contributed by atoms with E-state index in [0.717, 1.165) is 58.3 Å². The van der Waals surface area contributed by atoms with E-state index in [0.29, 0.717) is 21.6 Å². The number of hydrogen-bond acceptors (Lipinski definition) is 2. The number of aliphatic hydroxyl groups is 1. The van der Waals surface area contributed by atoms with E-state index >= 15 is 0 Å². The first-order valence-corrected chi connectivity index (χ1v) is 12.0. The lowest BCUT2D eigenvalue weighted by atomic mass is 9.95. The SMILES string of the molecule is CCCCN(C)CC(O)c1cc(Cl)cc2c1-c1ccc(Cl)cc1/C2=C\c1ccc(Cl)cc1. The first-order chi connectivity index (χ1) is 15.4. The molecule has 4 rings (SSSR count). The minimum Gasteiger partial charge on any atom is -0.387 e. The summed E-state index contributed by atoms with van der Waals surface area (Å²) >= 11 is 19.0. The number of aliphatic hydroxyl groups excluding tert-OH is 1. The smallest absolute Gasteiger partial charge is 0.0923 e. The fourth-order valence-corrected chi connectivity index (χ4v) is 4.82. The normalized spacial score (nSPS) is 14.7. The number of hydrogen-bond donors (Lipinski definition) is 1. The van der Waals surface area contributed by atoms with Gasteiger partial charge in [0.15, 0.2) is 0 Å². The maximum absolute atomic E-state index is 11.2. The Morgan fingerprint density at radius 1 is 0.875 bits per heavy atom. The fraction of sp³-hybridized carbons (Fsp3) is 0.259. The van der Waals surface area contributed by atoms with Crippen molar-refractivity contribution in [2.24, 2.45) is 0 Å². The second-order valence-corrected chi connectivity index (χ2v) is 9.66. The molecule has 5 heteroatoms. The predicted molar refractivity (Wildman–Crippen MR) is 138 cm³/mol. The van der Waals surface area contributed by atoms with Crippen LogP contribution < -0.4 is 0 Å². The van der Waals surface area contributed by atoms with Crippen molar-refractivity contribution in [3.8, 4) is 11.1 Å². The standard InChI is InChI=1S/C27H26Cl3NO/c1-3-4-11-31(2)16-26(32)25-15-20(30)14-24-22(12-17-5-7-18(28)8-6-17)23-13-19(29)9-10-21(23)27(24)25/h5-10,12-15,26,32H,3-4,11,16H2,1-2H3/b22-12+. The summed E-state index contributed by atoms with van der Waals surface area (Å²) in [4.78, 5) is 2.17. The molecule has 1 unspecified atom stereocenters. The van der Waals surface area contributed by atoms with Gasteiger partial charge in [-0.05, 0) is 101 Å². The fourth-order valence-electron chi connectivity index (χ4n) is 4.30. The predicted octanol–water partition coefficient (Wildman–Crippen LogP) is 7.98. The zero-order valence-electron chi connectivity index (χ0n) is 18.2. The largest absolute Gasteiger partial charge is 0.387 e. The average molecular weight is 487 g/mol. The number of likely N-dealkylation sites (N-methyl/N-ethyl adjacent to an activating group) is 1. The van der Waals surface area contributed by atoms with Crippen LogP contribution in [0.2, 0.25) is 15.1 Å². The summed E-state index contributed by atoms with van der Waals surface area (Å²) in [6, 6.07) is 17.5.